The van der Waals surface area contributed by atoms with Gasteiger partial charge in [-0.2, -0.15) is 0 Å². The molecular weight excluding hydrogens is 308 g/mol. The van der Waals surface area contributed by atoms with Crippen LogP contribution in [-0.2, 0) is 11.2 Å². The van der Waals surface area contributed by atoms with E-state index in [0.29, 0.717) is 18.4 Å². The average Bonchev–Trinajstić information content (AvgIpc) is 2.90. The maximum atomic E-state index is 12.2. The number of amides is 1. The molecule has 140 valence electrons. The largest absolute Gasteiger partial charge is 0.326 e. The second-order valence-corrected chi connectivity index (χ2v) is 7.65. The van der Waals surface area contributed by atoms with E-state index in [0.717, 1.165) is 31.5 Å². The van der Waals surface area contributed by atoms with Crippen molar-refractivity contribution in [3.05, 3.63) is 29.8 Å². The predicted octanol–water partition coefficient (Wildman–Crippen LogP) is 5.31. The molecule has 0 aliphatic heterocycles. The molecule has 0 radical (unpaired) electrons. The second kappa shape index (κ2) is 11.3. The van der Waals surface area contributed by atoms with Crippen molar-refractivity contribution in [1.29, 1.82) is 0 Å². The molecule has 1 amide bonds. The first-order valence-electron chi connectivity index (χ1n) is 10.3. The summed E-state index contributed by atoms with van der Waals surface area (Å²) in [6, 6.07) is 8.92. The van der Waals surface area contributed by atoms with Gasteiger partial charge in [-0.15, -0.1) is 0 Å². The molecule has 25 heavy (non-hydrogen) atoms. The van der Waals surface area contributed by atoms with E-state index >= 15 is 0 Å². The Hall–Kier alpha value is -1.35. The third kappa shape index (κ3) is 7.60. The number of benzene rings is 1. The number of carbonyl (C=O) groups is 1. The summed E-state index contributed by atoms with van der Waals surface area (Å²) in [6.45, 7) is 5.38. The smallest absolute Gasteiger partial charge is 0.224 e. The molecule has 3 nitrogen and oxygen atoms in total. The Bertz CT molecular complexity index is 507. The van der Waals surface area contributed by atoms with Gasteiger partial charge in [-0.1, -0.05) is 64.2 Å². The standard InChI is InChI=1S/C22H36N2O/c1-3-18(2)14-15-22(25)24-21-13-9-8-10-19(21)16-17-23-20-11-6-4-5-7-12-20/h8-10,13,18,20,23H,3-7,11-12,14-17H2,1-2H3,(H,24,25). The summed E-state index contributed by atoms with van der Waals surface area (Å²) in [5.41, 5.74) is 2.22. The van der Waals surface area contributed by atoms with E-state index in [2.05, 4.69) is 36.6 Å². The molecule has 1 aliphatic carbocycles. The van der Waals surface area contributed by atoms with Crippen LogP contribution in [0.3, 0.4) is 0 Å². The van der Waals surface area contributed by atoms with E-state index in [1.807, 2.05) is 12.1 Å². The van der Waals surface area contributed by atoms with Crippen LogP contribution in [0.5, 0.6) is 0 Å². The van der Waals surface area contributed by atoms with Crippen molar-refractivity contribution in [2.24, 2.45) is 5.92 Å². The van der Waals surface area contributed by atoms with Crippen LogP contribution in [0.4, 0.5) is 5.69 Å². The van der Waals surface area contributed by atoms with Crippen LogP contribution in [0.1, 0.15) is 77.2 Å². The van der Waals surface area contributed by atoms with Gasteiger partial charge in [0.1, 0.15) is 0 Å². The van der Waals surface area contributed by atoms with Crippen molar-refractivity contribution in [3.8, 4) is 0 Å². The maximum absolute atomic E-state index is 12.2. The van der Waals surface area contributed by atoms with Crippen LogP contribution in [0.2, 0.25) is 0 Å². The third-order valence-electron chi connectivity index (χ3n) is 5.54. The minimum absolute atomic E-state index is 0.143. The Balaban J connectivity index is 1.79. The van der Waals surface area contributed by atoms with Gasteiger partial charge in [0.2, 0.25) is 5.91 Å². The molecule has 1 saturated carbocycles. The van der Waals surface area contributed by atoms with Crippen molar-refractivity contribution >= 4 is 11.6 Å². The zero-order valence-electron chi connectivity index (χ0n) is 16.2. The van der Waals surface area contributed by atoms with Crippen LogP contribution in [-0.4, -0.2) is 18.5 Å². The summed E-state index contributed by atoms with van der Waals surface area (Å²) in [5.74, 6) is 0.759. The topological polar surface area (TPSA) is 41.1 Å². The van der Waals surface area contributed by atoms with Gasteiger partial charge in [-0.25, -0.2) is 0 Å². The van der Waals surface area contributed by atoms with E-state index in [4.69, 9.17) is 0 Å². The lowest BCUT2D eigenvalue weighted by Gasteiger charge is -2.17. The first-order valence-corrected chi connectivity index (χ1v) is 10.3. The van der Waals surface area contributed by atoms with Crippen molar-refractivity contribution in [3.63, 3.8) is 0 Å². The molecule has 1 aromatic rings. The zero-order chi connectivity index (χ0) is 17.9. The van der Waals surface area contributed by atoms with Gasteiger partial charge >= 0.3 is 0 Å². The normalized spacial score (nSPS) is 17.0. The van der Waals surface area contributed by atoms with Crippen molar-refractivity contribution in [2.45, 2.75) is 84.1 Å². The quantitative estimate of drug-likeness (QED) is 0.596. The molecule has 1 fully saturated rings. The fourth-order valence-corrected chi connectivity index (χ4v) is 3.55. The highest BCUT2D eigenvalue weighted by Crippen LogP contribution is 2.19. The fraction of sp³-hybridized carbons (Fsp3) is 0.682. The van der Waals surface area contributed by atoms with Crippen molar-refractivity contribution in [1.82, 2.24) is 5.32 Å². The van der Waals surface area contributed by atoms with Gasteiger partial charge in [0.15, 0.2) is 0 Å². The maximum Gasteiger partial charge on any atom is 0.224 e. The lowest BCUT2D eigenvalue weighted by atomic mass is 10.0. The highest BCUT2D eigenvalue weighted by atomic mass is 16.1. The second-order valence-electron chi connectivity index (χ2n) is 7.65. The number of rotatable bonds is 9. The van der Waals surface area contributed by atoms with Crippen LogP contribution in [0.15, 0.2) is 24.3 Å². The van der Waals surface area contributed by atoms with Gasteiger partial charge < -0.3 is 10.6 Å². The lowest BCUT2D eigenvalue weighted by molar-refractivity contribution is -0.116. The summed E-state index contributed by atoms with van der Waals surface area (Å²) < 4.78 is 0. The molecule has 1 atom stereocenters. The third-order valence-corrected chi connectivity index (χ3v) is 5.54. The van der Waals surface area contributed by atoms with Gasteiger partial charge in [-0.3, -0.25) is 4.79 Å². The Kier molecular flexibility index (Phi) is 9.03. The van der Waals surface area contributed by atoms with E-state index in [9.17, 15) is 4.79 Å². The summed E-state index contributed by atoms with van der Waals surface area (Å²) in [4.78, 5) is 12.2. The molecule has 2 rings (SSSR count). The van der Waals surface area contributed by atoms with E-state index in [-0.39, 0.29) is 5.91 Å². The number of carbonyl (C=O) groups excluding carboxylic acids is 1. The van der Waals surface area contributed by atoms with E-state index in [1.165, 1.54) is 44.1 Å². The molecule has 0 aromatic heterocycles. The van der Waals surface area contributed by atoms with Gasteiger partial charge in [0.05, 0.1) is 0 Å². The van der Waals surface area contributed by atoms with Gasteiger partial charge in [0.25, 0.3) is 0 Å². The van der Waals surface area contributed by atoms with E-state index in [1.54, 1.807) is 0 Å². The van der Waals surface area contributed by atoms with Crippen LogP contribution in [0.25, 0.3) is 0 Å². The Morgan fingerprint density at radius 2 is 1.88 bits per heavy atom. The molecule has 0 spiro atoms. The number of para-hydroxylation sites is 1. The Labute approximate surface area is 154 Å². The molecule has 1 unspecified atom stereocenters. The number of nitrogens with one attached hydrogen (secondary N) is 2. The first-order chi connectivity index (χ1) is 12.2. The molecule has 0 saturated heterocycles. The van der Waals surface area contributed by atoms with Crippen LogP contribution < -0.4 is 10.6 Å². The first kappa shape index (κ1) is 20.0. The summed E-state index contributed by atoms with van der Waals surface area (Å²) in [7, 11) is 0. The minimum Gasteiger partial charge on any atom is -0.326 e. The summed E-state index contributed by atoms with van der Waals surface area (Å²) in [5, 5.41) is 6.85. The van der Waals surface area contributed by atoms with Gasteiger partial charge in [-0.05, 0) is 49.8 Å². The molecule has 0 heterocycles. The van der Waals surface area contributed by atoms with Crippen LogP contribution in [0, 0.1) is 5.92 Å². The van der Waals surface area contributed by atoms with Crippen molar-refractivity contribution < 1.29 is 4.79 Å². The molecular formula is C22H36N2O. The van der Waals surface area contributed by atoms with Crippen molar-refractivity contribution in [2.75, 3.05) is 11.9 Å². The molecule has 3 heteroatoms. The zero-order valence-corrected chi connectivity index (χ0v) is 16.2. The number of anilines is 1. The molecule has 0 bridgehead atoms. The lowest BCUT2D eigenvalue weighted by Crippen LogP contribution is -2.30. The number of hydrogen-bond donors (Lipinski definition) is 2. The van der Waals surface area contributed by atoms with Gasteiger partial charge in [0, 0.05) is 18.2 Å². The molecule has 1 aliphatic rings. The van der Waals surface area contributed by atoms with Crippen LogP contribution >= 0.6 is 0 Å². The SMILES string of the molecule is CCC(C)CCC(=O)Nc1ccccc1CCNC1CCCCCC1. The minimum atomic E-state index is 0.143. The average molecular weight is 345 g/mol. The van der Waals surface area contributed by atoms with E-state index < -0.39 is 0 Å². The summed E-state index contributed by atoms with van der Waals surface area (Å²) >= 11 is 0. The molecule has 1 aromatic carbocycles. The Morgan fingerprint density at radius 1 is 1.16 bits per heavy atom. The fourth-order valence-electron chi connectivity index (χ4n) is 3.55. The number of hydrogen-bond acceptors (Lipinski definition) is 2. The highest BCUT2D eigenvalue weighted by molar-refractivity contribution is 5.91. The Morgan fingerprint density at radius 3 is 2.60 bits per heavy atom. The highest BCUT2D eigenvalue weighted by Gasteiger charge is 2.12. The summed E-state index contributed by atoms with van der Waals surface area (Å²) in [6.07, 6.45) is 11.8. The monoisotopic (exact) mass is 344 g/mol. The predicted molar refractivity (Wildman–Crippen MR) is 107 cm³/mol. The molecule has 2 N–H and O–H groups in total.